The number of hydrogen-bond donors (Lipinski definition) is 1. The van der Waals surface area contributed by atoms with Gasteiger partial charge in [0, 0.05) is 44.3 Å². The summed E-state index contributed by atoms with van der Waals surface area (Å²) in [7, 11) is 0. The second-order valence-electron chi connectivity index (χ2n) is 9.84. The van der Waals surface area contributed by atoms with Crippen LogP contribution in [-0.4, -0.2) is 91.5 Å². The lowest BCUT2D eigenvalue weighted by molar-refractivity contribution is -0.137. The molecule has 1 saturated carbocycles. The molecule has 0 radical (unpaired) electrons. The van der Waals surface area contributed by atoms with Crippen molar-refractivity contribution in [3.05, 3.63) is 29.3 Å². The summed E-state index contributed by atoms with van der Waals surface area (Å²) >= 11 is 5.90. The standard InChI is InChI=1S/C26H39ClN4O3/c27-22-8-10-23(11-9-22)34-20-24(32)30-16-18-31(19-17-30)25(21-6-2-3-7-21)26(33)28-12-15-29-13-4-1-5-14-29/h8-11,21,25H,1-7,12-20H2,(H,28,33)/t25-/m1/s1. The summed E-state index contributed by atoms with van der Waals surface area (Å²) in [5, 5.41) is 3.89. The highest BCUT2D eigenvalue weighted by atomic mass is 35.5. The van der Waals surface area contributed by atoms with Crippen LogP contribution in [0.3, 0.4) is 0 Å². The van der Waals surface area contributed by atoms with E-state index in [0.29, 0.717) is 29.8 Å². The molecule has 3 aliphatic rings. The van der Waals surface area contributed by atoms with E-state index in [1.54, 1.807) is 24.3 Å². The lowest BCUT2D eigenvalue weighted by atomic mass is 9.95. The SMILES string of the molecule is O=C(NCCN1CCCCC1)[C@@H](C1CCCC1)N1CCN(C(=O)COc2ccc(Cl)cc2)CC1. The number of benzene rings is 1. The van der Waals surface area contributed by atoms with Crippen molar-refractivity contribution < 1.29 is 14.3 Å². The van der Waals surface area contributed by atoms with Gasteiger partial charge >= 0.3 is 0 Å². The average molecular weight is 491 g/mol. The van der Waals surface area contributed by atoms with Crippen LogP contribution < -0.4 is 10.1 Å². The Balaban J connectivity index is 1.25. The molecule has 8 heteroatoms. The van der Waals surface area contributed by atoms with Gasteiger partial charge in [-0.2, -0.15) is 0 Å². The molecule has 0 aromatic heterocycles. The van der Waals surface area contributed by atoms with Crippen molar-refractivity contribution in [2.24, 2.45) is 5.92 Å². The lowest BCUT2D eigenvalue weighted by Gasteiger charge is -2.40. The molecule has 1 atom stereocenters. The second-order valence-corrected chi connectivity index (χ2v) is 10.3. The number of hydrogen-bond acceptors (Lipinski definition) is 5. The molecule has 2 heterocycles. The monoisotopic (exact) mass is 490 g/mol. The van der Waals surface area contributed by atoms with E-state index in [0.717, 1.165) is 52.1 Å². The van der Waals surface area contributed by atoms with E-state index in [1.165, 1.54) is 32.1 Å². The average Bonchev–Trinajstić information content (AvgIpc) is 3.39. The number of carbonyl (C=O) groups is 2. The molecular weight excluding hydrogens is 452 g/mol. The molecule has 0 spiro atoms. The van der Waals surface area contributed by atoms with Gasteiger partial charge in [0.2, 0.25) is 5.91 Å². The molecule has 1 N–H and O–H groups in total. The van der Waals surface area contributed by atoms with Crippen LogP contribution >= 0.6 is 11.6 Å². The Bertz CT molecular complexity index is 786. The summed E-state index contributed by atoms with van der Waals surface area (Å²) in [6.07, 6.45) is 8.54. The van der Waals surface area contributed by atoms with Gasteiger partial charge in [0.1, 0.15) is 5.75 Å². The van der Waals surface area contributed by atoms with Crippen molar-refractivity contribution in [3.63, 3.8) is 0 Å². The number of piperidine rings is 1. The van der Waals surface area contributed by atoms with E-state index in [9.17, 15) is 9.59 Å². The number of likely N-dealkylation sites (tertiary alicyclic amines) is 1. The molecule has 34 heavy (non-hydrogen) atoms. The molecular formula is C26H39ClN4O3. The number of amides is 2. The normalized spacial score (nSPS) is 21.4. The Kier molecular flexibility index (Phi) is 9.48. The molecule has 2 saturated heterocycles. The molecule has 0 bridgehead atoms. The summed E-state index contributed by atoms with van der Waals surface area (Å²) < 4.78 is 5.63. The van der Waals surface area contributed by atoms with Crippen LogP contribution in [0.1, 0.15) is 44.9 Å². The highest BCUT2D eigenvalue weighted by Gasteiger charge is 2.37. The van der Waals surface area contributed by atoms with Crippen LogP contribution in [0.5, 0.6) is 5.75 Å². The number of carbonyl (C=O) groups excluding carboxylic acids is 2. The summed E-state index contributed by atoms with van der Waals surface area (Å²) in [5.41, 5.74) is 0. The molecule has 4 rings (SSSR count). The van der Waals surface area contributed by atoms with Crippen LogP contribution in [0.2, 0.25) is 5.02 Å². The lowest BCUT2D eigenvalue weighted by Crippen LogP contribution is -2.58. The molecule has 1 aromatic carbocycles. The van der Waals surface area contributed by atoms with Gasteiger partial charge in [0.05, 0.1) is 6.04 Å². The third-order valence-electron chi connectivity index (χ3n) is 7.53. The highest BCUT2D eigenvalue weighted by Crippen LogP contribution is 2.31. The van der Waals surface area contributed by atoms with Crippen LogP contribution in [0, 0.1) is 5.92 Å². The summed E-state index contributed by atoms with van der Waals surface area (Å²) in [5.74, 6) is 1.22. The predicted octanol–water partition coefficient (Wildman–Crippen LogP) is 3.02. The smallest absolute Gasteiger partial charge is 0.260 e. The van der Waals surface area contributed by atoms with E-state index < -0.39 is 0 Å². The Morgan fingerprint density at radius 2 is 1.62 bits per heavy atom. The fourth-order valence-corrected chi connectivity index (χ4v) is 5.72. The Labute approximate surface area is 208 Å². The van der Waals surface area contributed by atoms with Crippen LogP contribution in [0.15, 0.2) is 24.3 Å². The topological polar surface area (TPSA) is 65.1 Å². The van der Waals surface area contributed by atoms with E-state index >= 15 is 0 Å². The van der Waals surface area contributed by atoms with Crippen LogP contribution in [-0.2, 0) is 9.59 Å². The zero-order chi connectivity index (χ0) is 23.8. The number of rotatable bonds is 9. The van der Waals surface area contributed by atoms with Crippen molar-refractivity contribution in [3.8, 4) is 5.75 Å². The Morgan fingerprint density at radius 1 is 0.941 bits per heavy atom. The maximum absolute atomic E-state index is 13.3. The fourth-order valence-electron chi connectivity index (χ4n) is 5.59. The van der Waals surface area contributed by atoms with Gasteiger partial charge in [0.25, 0.3) is 5.91 Å². The minimum Gasteiger partial charge on any atom is -0.484 e. The first-order valence-corrected chi connectivity index (χ1v) is 13.4. The third kappa shape index (κ3) is 7.09. The van der Waals surface area contributed by atoms with Crippen LogP contribution in [0.4, 0.5) is 0 Å². The van der Waals surface area contributed by atoms with Gasteiger partial charge in [-0.1, -0.05) is 30.9 Å². The first kappa shape index (κ1) is 25.3. The molecule has 2 aliphatic heterocycles. The Morgan fingerprint density at radius 3 is 2.29 bits per heavy atom. The number of halogens is 1. The minimum absolute atomic E-state index is 0.0157. The maximum Gasteiger partial charge on any atom is 0.260 e. The molecule has 3 fully saturated rings. The minimum atomic E-state index is -0.0774. The van der Waals surface area contributed by atoms with E-state index in [1.807, 2.05) is 4.90 Å². The van der Waals surface area contributed by atoms with Gasteiger partial charge in [-0.25, -0.2) is 0 Å². The van der Waals surface area contributed by atoms with Gasteiger partial charge in [-0.15, -0.1) is 0 Å². The summed E-state index contributed by atoms with van der Waals surface area (Å²) in [6.45, 7) is 6.71. The molecule has 1 aliphatic carbocycles. The number of ether oxygens (including phenoxy) is 1. The van der Waals surface area contributed by atoms with Crippen molar-refractivity contribution in [2.45, 2.75) is 51.0 Å². The van der Waals surface area contributed by atoms with Gasteiger partial charge in [0.15, 0.2) is 6.61 Å². The molecule has 7 nitrogen and oxygen atoms in total. The fraction of sp³-hybridized carbons (Fsp3) is 0.692. The van der Waals surface area contributed by atoms with Gasteiger partial charge in [-0.3, -0.25) is 14.5 Å². The molecule has 2 amide bonds. The van der Waals surface area contributed by atoms with Crippen molar-refractivity contribution in [1.29, 1.82) is 0 Å². The van der Waals surface area contributed by atoms with Gasteiger partial charge in [-0.05, 0) is 69.0 Å². The second kappa shape index (κ2) is 12.8. The highest BCUT2D eigenvalue weighted by molar-refractivity contribution is 6.30. The van der Waals surface area contributed by atoms with E-state index in [4.69, 9.17) is 16.3 Å². The quantitative estimate of drug-likeness (QED) is 0.576. The first-order valence-electron chi connectivity index (χ1n) is 13.0. The van der Waals surface area contributed by atoms with Crippen molar-refractivity contribution in [2.75, 3.05) is 59.0 Å². The largest absolute Gasteiger partial charge is 0.484 e. The van der Waals surface area contributed by atoms with Gasteiger partial charge < -0.3 is 19.9 Å². The van der Waals surface area contributed by atoms with E-state index in [-0.39, 0.29) is 24.5 Å². The molecule has 1 aromatic rings. The number of nitrogens with one attached hydrogen (secondary N) is 1. The van der Waals surface area contributed by atoms with E-state index in [2.05, 4.69) is 15.1 Å². The summed E-state index contributed by atoms with van der Waals surface area (Å²) in [6, 6.07) is 6.96. The number of nitrogens with zero attached hydrogens (tertiary/aromatic N) is 3. The zero-order valence-electron chi connectivity index (χ0n) is 20.2. The first-order chi connectivity index (χ1) is 16.6. The maximum atomic E-state index is 13.3. The van der Waals surface area contributed by atoms with Crippen LogP contribution in [0.25, 0.3) is 0 Å². The molecule has 188 valence electrons. The molecule has 0 unspecified atom stereocenters. The zero-order valence-corrected chi connectivity index (χ0v) is 21.0. The van der Waals surface area contributed by atoms with Crippen molar-refractivity contribution >= 4 is 23.4 Å². The Hall–Kier alpha value is -1.83. The summed E-state index contributed by atoms with van der Waals surface area (Å²) in [4.78, 5) is 32.6. The van der Waals surface area contributed by atoms with Crippen molar-refractivity contribution in [1.82, 2.24) is 20.0 Å². The number of piperazine rings is 1. The third-order valence-corrected chi connectivity index (χ3v) is 7.78. The predicted molar refractivity (Wildman–Crippen MR) is 134 cm³/mol.